The molecule has 1 aliphatic heterocycles. The monoisotopic (exact) mass is 483 g/mol. The van der Waals surface area contributed by atoms with Gasteiger partial charge in [0.05, 0.1) is 25.7 Å². The molecule has 170 valence electrons. The van der Waals surface area contributed by atoms with Gasteiger partial charge in [-0.15, -0.1) is 0 Å². The molecule has 0 N–H and O–H groups in total. The Morgan fingerprint density at radius 2 is 1.62 bits per heavy atom. The molecule has 0 amide bonds. The predicted octanol–water partition coefficient (Wildman–Crippen LogP) is 3.47. The van der Waals surface area contributed by atoms with E-state index in [0.29, 0.717) is 5.56 Å². The number of sulfonamides is 1. The first kappa shape index (κ1) is 23.6. The van der Waals surface area contributed by atoms with Gasteiger partial charge < -0.3 is 4.74 Å². The number of ether oxygens (including phenoxy) is 1. The molecule has 0 unspecified atom stereocenters. The number of halogens is 1. The van der Waals surface area contributed by atoms with E-state index in [2.05, 4.69) is 0 Å². The summed E-state index contributed by atoms with van der Waals surface area (Å²) in [5, 5.41) is 21.7. The molecule has 32 heavy (non-hydrogen) atoms. The van der Waals surface area contributed by atoms with Gasteiger partial charge in [-0.25, -0.2) is 8.42 Å². The molecular weight excluding hydrogens is 466 g/mol. The molecule has 0 saturated carbocycles. The molecule has 0 spiro atoms. The number of rotatable bonds is 6. The van der Waals surface area contributed by atoms with Crippen molar-refractivity contribution in [3.63, 3.8) is 0 Å². The van der Waals surface area contributed by atoms with E-state index in [-0.39, 0.29) is 53.0 Å². The third-order valence-electron chi connectivity index (χ3n) is 5.12. The fraction of sp³-hybridized carbons (Fsp3) is 0.316. The second kappa shape index (κ2) is 9.18. The standard InChI is InChI=1S/C19H18ClN3O8S/c1-12-2-3-15(23(27)28)11-18(12)32(29,30)21-8-6-13(7-9-21)19(24)31-17-5-4-14(22(25)26)10-16(17)20/h2-5,10-11,13H,6-9H2,1H3. The van der Waals surface area contributed by atoms with Crippen LogP contribution >= 0.6 is 11.6 Å². The number of piperidine rings is 1. The summed E-state index contributed by atoms with van der Waals surface area (Å²) in [6, 6.07) is 7.10. The molecule has 1 aliphatic rings. The topological polar surface area (TPSA) is 150 Å². The molecule has 0 aliphatic carbocycles. The Bertz CT molecular complexity index is 1190. The van der Waals surface area contributed by atoms with E-state index in [0.717, 1.165) is 18.2 Å². The predicted molar refractivity (Wildman–Crippen MR) is 113 cm³/mol. The molecule has 1 fully saturated rings. The molecule has 3 rings (SSSR count). The van der Waals surface area contributed by atoms with Crippen molar-refractivity contribution in [2.24, 2.45) is 5.92 Å². The van der Waals surface area contributed by atoms with Gasteiger partial charge in [-0.1, -0.05) is 17.7 Å². The number of aryl methyl sites for hydroxylation is 1. The molecule has 2 aromatic rings. The lowest BCUT2D eigenvalue weighted by atomic mass is 9.98. The molecule has 11 nitrogen and oxygen atoms in total. The van der Waals surface area contributed by atoms with E-state index in [4.69, 9.17) is 16.3 Å². The minimum Gasteiger partial charge on any atom is -0.425 e. The van der Waals surface area contributed by atoms with Crippen LogP contribution in [0.4, 0.5) is 11.4 Å². The molecule has 0 bridgehead atoms. The number of benzene rings is 2. The Labute approximate surface area is 187 Å². The number of hydrogen-bond acceptors (Lipinski definition) is 8. The first-order valence-electron chi connectivity index (χ1n) is 9.41. The lowest BCUT2D eigenvalue weighted by molar-refractivity contribution is -0.385. The maximum Gasteiger partial charge on any atom is 0.314 e. The molecule has 0 radical (unpaired) electrons. The van der Waals surface area contributed by atoms with E-state index in [9.17, 15) is 33.4 Å². The van der Waals surface area contributed by atoms with Gasteiger partial charge in [-0.3, -0.25) is 25.0 Å². The number of nitro groups is 2. The summed E-state index contributed by atoms with van der Waals surface area (Å²) in [7, 11) is -3.98. The lowest BCUT2D eigenvalue weighted by Gasteiger charge is -2.30. The zero-order chi connectivity index (χ0) is 23.6. The highest BCUT2D eigenvalue weighted by Crippen LogP contribution is 2.32. The van der Waals surface area contributed by atoms with Crippen molar-refractivity contribution in [3.05, 3.63) is 67.2 Å². The summed E-state index contributed by atoms with van der Waals surface area (Å²) < 4.78 is 32.4. The number of carbonyl (C=O) groups excluding carboxylic acids is 1. The van der Waals surface area contributed by atoms with E-state index in [1.807, 2.05) is 0 Å². The summed E-state index contributed by atoms with van der Waals surface area (Å²) in [6.07, 6.45) is 0.354. The lowest BCUT2D eigenvalue weighted by Crippen LogP contribution is -2.41. The van der Waals surface area contributed by atoms with Gasteiger partial charge in [0.25, 0.3) is 11.4 Å². The van der Waals surface area contributed by atoms with Crippen LogP contribution in [0, 0.1) is 33.1 Å². The van der Waals surface area contributed by atoms with Gasteiger partial charge in [0, 0.05) is 37.4 Å². The Morgan fingerprint density at radius 3 is 2.19 bits per heavy atom. The van der Waals surface area contributed by atoms with Crippen LogP contribution in [0.2, 0.25) is 5.02 Å². The van der Waals surface area contributed by atoms with Gasteiger partial charge in [0.2, 0.25) is 10.0 Å². The Balaban J connectivity index is 1.68. The van der Waals surface area contributed by atoms with Crippen LogP contribution in [-0.4, -0.2) is 41.6 Å². The highest BCUT2D eigenvalue weighted by molar-refractivity contribution is 7.89. The minimum atomic E-state index is -3.98. The summed E-state index contributed by atoms with van der Waals surface area (Å²) in [4.78, 5) is 32.8. The van der Waals surface area contributed by atoms with Crippen molar-refractivity contribution in [2.75, 3.05) is 13.1 Å². The fourth-order valence-corrected chi connectivity index (χ4v) is 5.26. The maximum atomic E-state index is 13.0. The van der Waals surface area contributed by atoms with Crippen molar-refractivity contribution in [2.45, 2.75) is 24.7 Å². The van der Waals surface area contributed by atoms with Crippen LogP contribution in [0.1, 0.15) is 18.4 Å². The number of nitro benzene ring substituents is 2. The van der Waals surface area contributed by atoms with Crippen LogP contribution in [0.25, 0.3) is 0 Å². The maximum absolute atomic E-state index is 13.0. The van der Waals surface area contributed by atoms with Crippen molar-refractivity contribution in [1.82, 2.24) is 4.31 Å². The zero-order valence-electron chi connectivity index (χ0n) is 16.8. The zero-order valence-corrected chi connectivity index (χ0v) is 18.3. The number of esters is 1. The summed E-state index contributed by atoms with van der Waals surface area (Å²) in [6.45, 7) is 1.60. The van der Waals surface area contributed by atoms with Gasteiger partial charge in [0.15, 0.2) is 0 Å². The first-order chi connectivity index (χ1) is 15.0. The Morgan fingerprint density at radius 1 is 1.06 bits per heavy atom. The summed E-state index contributed by atoms with van der Waals surface area (Å²) in [5.41, 5.74) is -0.192. The van der Waals surface area contributed by atoms with E-state index >= 15 is 0 Å². The SMILES string of the molecule is Cc1ccc([N+](=O)[O-])cc1S(=O)(=O)N1CCC(C(=O)Oc2ccc([N+](=O)[O-])cc2Cl)CC1. The average Bonchev–Trinajstić information content (AvgIpc) is 2.75. The Kier molecular flexibility index (Phi) is 6.77. The van der Waals surface area contributed by atoms with Crippen molar-refractivity contribution < 1.29 is 27.8 Å². The average molecular weight is 484 g/mol. The van der Waals surface area contributed by atoms with Gasteiger partial charge in [-0.05, 0) is 31.4 Å². The number of carbonyl (C=O) groups is 1. The highest BCUT2D eigenvalue weighted by Gasteiger charge is 2.34. The third kappa shape index (κ3) is 4.87. The van der Waals surface area contributed by atoms with Gasteiger partial charge >= 0.3 is 5.97 Å². The van der Waals surface area contributed by atoms with Crippen LogP contribution in [0.5, 0.6) is 5.75 Å². The van der Waals surface area contributed by atoms with E-state index < -0.39 is 31.8 Å². The van der Waals surface area contributed by atoms with Crippen molar-refractivity contribution >= 4 is 39.0 Å². The Hall–Kier alpha value is -3.09. The van der Waals surface area contributed by atoms with Crippen molar-refractivity contribution in [3.8, 4) is 5.75 Å². The normalized spacial score (nSPS) is 15.3. The molecule has 0 atom stereocenters. The molecule has 0 aromatic heterocycles. The number of hydrogen-bond donors (Lipinski definition) is 0. The van der Waals surface area contributed by atoms with Crippen LogP contribution in [-0.2, 0) is 14.8 Å². The first-order valence-corrected chi connectivity index (χ1v) is 11.2. The second-order valence-electron chi connectivity index (χ2n) is 7.18. The van der Waals surface area contributed by atoms with Crippen molar-refractivity contribution in [1.29, 1.82) is 0 Å². The third-order valence-corrected chi connectivity index (χ3v) is 7.46. The summed E-state index contributed by atoms with van der Waals surface area (Å²) >= 11 is 5.94. The smallest absolute Gasteiger partial charge is 0.314 e. The highest BCUT2D eigenvalue weighted by atomic mass is 35.5. The molecule has 1 saturated heterocycles. The number of nitrogens with zero attached hydrogens (tertiary/aromatic N) is 3. The quantitative estimate of drug-likeness (QED) is 0.262. The number of non-ortho nitro benzene ring substituents is 2. The largest absolute Gasteiger partial charge is 0.425 e. The van der Waals surface area contributed by atoms with Gasteiger partial charge in [-0.2, -0.15) is 4.31 Å². The molecular formula is C19H18ClN3O8S. The fourth-order valence-electron chi connectivity index (χ4n) is 3.33. The molecule has 13 heteroatoms. The summed E-state index contributed by atoms with van der Waals surface area (Å²) in [5.74, 6) is -1.24. The second-order valence-corrected chi connectivity index (χ2v) is 9.49. The van der Waals surface area contributed by atoms with Crippen LogP contribution in [0.15, 0.2) is 41.3 Å². The van der Waals surface area contributed by atoms with E-state index in [1.54, 1.807) is 6.92 Å². The van der Waals surface area contributed by atoms with Gasteiger partial charge in [0.1, 0.15) is 5.75 Å². The van der Waals surface area contributed by atoms with Crippen LogP contribution < -0.4 is 4.74 Å². The van der Waals surface area contributed by atoms with E-state index in [1.165, 1.54) is 22.5 Å². The molecule has 2 aromatic carbocycles. The molecule has 1 heterocycles. The van der Waals surface area contributed by atoms with Crippen LogP contribution in [0.3, 0.4) is 0 Å². The minimum absolute atomic E-state index is 0.0236.